The molecule has 7 nitrogen and oxygen atoms in total. The third-order valence-corrected chi connectivity index (χ3v) is 5.27. The van der Waals surface area contributed by atoms with Crippen LogP contribution in [0.4, 0.5) is 5.69 Å². The maximum atomic E-state index is 12.3. The number of benzene rings is 1. The maximum absolute atomic E-state index is 12.3. The summed E-state index contributed by atoms with van der Waals surface area (Å²) >= 11 is 1.37. The Morgan fingerprint density at radius 2 is 1.79 bits per heavy atom. The molecule has 1 heterocycles. The van der Waals surface area contributed by atoms with Gasteiger partial charge in [-0.2, -0.15) is 0 Å². The van der Waals surface area contributed by atoms with E-state index in [2.05, 4.69) is 5.32 Å². The fraction of sp³-hybridized carbons (Fsp3) is 0.381. The van der Waals surface area contributed by atoms with E-state index in [1.54, 1.807) is 42.2 Å². The van der Waals surface area contributed by atoms with Crippen molar-refractivity contribution in [1.29, 1.82) is 0 Å². The van der Waals surface area contributed by atoms with Crippen molar-refractivity contribution in [3.05, 3.63) is 53.0 Å². The van der Waals surface area contributed by atoms with Crippen LogP contribution >= 0.6 is 11.8 Å². The lowest BCUT2D eigenvalue weighted by Crippen LogP contribution is -2.30. The maximum Gasteiger partial charge on any atom is 0.341 e. The molecule has 1 aromatic carbocycles. The zero-order valence-electron chi connectivity index (χ0n) is 17.1. The smallest absolute Gasteiger partial charge is 0.341 e. The van der Waals surface area contributed by atoms with E-state index >= 15 is 0 Å². The number of hydrogen-bond donors (Lipinski definition) is 1. The van der Waals surface area contributed by atoms with Gasteiger partial charge in [-0.05, 0) is 51.1 Å². The first-order valence-corrected chi connectivity index (χ1v) is 10.5. The number of nitrogens with one attached hydrogen (secondary N) is 1. The molecule has 0 saturated carbocycles. The first-order chi connectivity index (χ1) is 13.9. The minimum atomic E-state index is -0.442. The van der Waals surface area contributed by atoms with Crippen molar-refractivity contribution in [3.8, 4) is 0 Å². The molecule has 8 heteroatoms. The van der Waals surface area contributed by atoms with Crippen LogP contribution in [0.25, 0.3) is 0 Å². The van der Waals surface area contributed by atoms with Gasteiger partial charge in [0.2, 0.25) is 5.91 Å². The predicted octanol–water partition coefficient (Wildman–Crippen LogP) is 3.73. The average molecular weight is 419 g/mol. The van der Waals surface area contributed by atoms with Crippen molar-refractivity contribution >= 4 is 35.2 Å². The number of thioether (sulfide) groups is 1. The van der Waals surface area contributed by atoms with Gasteiger partial charge in [-0.1, -0.05) is 0 Å². The van der Waals surface area contributed by atoms with Crippen molar-refractivity contribution < 1.29 is 23.5 Å². The van der Waals surface area contributed by atoms with Crippen molar-refractivity contribution in [2.24, 2.45) is 0 Å². The summed E-state index contributed by atoms with van der Waals surface area (Å²) in [5.74, 6) is 1.17. The molecule has 0 spiro atoms. The first-order valence-electron chi connectivity index (χ1n) is 9.34. The molecular weight excluding hydrogens is 392 g/mol. The number of carbonyl (C=O) groups is 3. The number of nitrogens with zero attached hydrogens (tertiary/aromatic N) is 1. The standard InChI is InChI=1S/C21H26N2O5S/c1-5-23(6-2)20(25)15-7-9-16(10-8-15)22-19(24)13-29-12-17-11-18(14(3)28-17)21(26)27-4/h7-11H,5-6,12-13H2,1-4H3,(H,22,24). The van der Waals surface area contributed by atoms with Crippen LogP contribution in [0.1, 0.15) is 46.1 Å². The second kappa shape index (κ2) is 10.7. The minimum absolute atomic E-state index is 0.0245. The molecule has 0 saturated heterocycles. The van der Waals surface area contributed by atoms with Gasteiger partial charge in [0, 0.05) is 24.3 Å². The Bertz CT molecular complexity index is 856. The van der Waals surface area contributed by atoms with Gasteiger partial charge < -0.3 is 19.4 Å². The van der Waals surface area contributed by atoms with Gasteiger partial charge in [-0.15, -0.1) is 11.8 Å². The fourth-order valence-corrected chi connectivity index (χ4v) is 3.46. The lowest BCUT2D eigenvalue weighted by atomic mass is 10.2. The number of aryl methyl sites for hydroxylation is 1. The molecule has 0 fully saturated rings. The van der Waals surface area contributed by atoms with Crippen LogP contribution in [0.2, 0.25) is 0 Å². The third-order valence-electron chi connectivity index (χ3n) is 4.32. The molecule has 0 aliphatic heterocycles. The predicted molar refractivity (Wildman–Crippen MR) is 113 cm³/mol. The highest BCUT2D eigenvalue weighted by molar-refractivity contribution is 7.99. The Morgan fingerprint density at radius 1 is 1.14 bits per heavy atom. The molecule has 0 radical (unpaired) electrons. The normalized spacial score (nSPS) is 10.5. The first kappa shape index (κ1) is 22.5. The molecule has 2 rings (SSSR count). The molecule has 0 aliphatic carbocycles. The monoisotopic (exact) mass is 418 g/mol. The SMILES string of the molecule is CCN(CC)C(=O)c1ccc(NC(=O)CSCc2cc(C(=O)OC)c(C)o2)cc1. The van der Waals surface area contributed by atoms with Crippen molar-refractivity contribution in [1.82, 2.24) is 4.90 Å². The largest absolute Gasteiger partial charge is 0.465 e. The van der Waals surface area contributed by atoms with Crippen LogP contribution in [0, 0.1) is 6.92 Å². The van der Waals surface area contributed by atoms with E-state index in [0.29, 0.717) is 47.2 Å². The van der Waals surface area contributed by atoms with E-state index in [-0.39, 0.29) is 17.6 Å². The number of anilines is 1. The Hall–Kier alpha value is -2.74. The van der Waals surface area contributed by atoms with E-state index in [9.17, 15) is 14.4 Å². The molecule has 2 amide bonds. The van der Waals surface area contributed by atoms with Gasteiger partial charge in [-0.3, -0.25) is 9.59 Å². The Labute approximate surface area is 174 Å². The van der Waals surface area contributed by atoms with E-state index < -0.39 is 5.97 Å². The summed E-state index contributed by atoms with van der Waals surface area (Å²) in [5, 5.41) is 2.81. The molecular formula is C21H26N2O5S. The number of hydrogen-bond acceptors (Lipinski definition) is 6. The Morgan fingerprint density at radius 3 is 2.38 bits per heavy atom. The lowest BCUT2D eigenvalue weighted by molar-refractivity contribution is -0.113. The summed E-state index contributed by atoms with van der Waals surface area (Å²) < 4.78 is 10.2. The van der Waals surface area contributed by atoms with Crippen LogP contribution in [0.15, 0.2) is 34.7 Å². The lowest BCUT2D eigenvalue weighted by Gasteiger charge is -2.18. The number of esters is 1. The van der Waals surface area contributed by atoms with E-state index in [0.717, 1.165) is 0 Å². The quantitative estimate of drug-likeness (QED) is 0.624. The van der Waals surface area contributed by atoms with E-state index in [1.165, 1.54) is 18.9 Å². The van der Waals surface area contributed by atoms with Gasteiger partial charge in [0.25, 0.3) is 5.91 Å². The molecule has 156 valence electrons. The zero-order chi connectivity index (χ0) is 21.4. The summed E-state index contributed by atoms with van der Waals surface area (Å²) in [6.07, 6.45) is 0. The third kappa shape index (κ3) is 6.12. The summed E-state index contributed by atoms with van der Waals surface area (Å²) in [5.41, 5.74) is 1.62. The van der Waals surface area contributed by atoms with Gasteiger partial charge >= 0.3 is 5.97 Å². The highest BCUT2D eigenvalue weighted by atomic mass is 32.2. The minimum Gasteiger partial charge on any atom is -0.465 e. The van der Waals surface area contributed by atoms with Crippen LogP contribution < -0.4 is 5.32 Å². The molecule has 29 heavy (non-hydrogen) atoms. The van der Waals surface area contributed by atoms with Crippen LogP contribution in [0.5, 0.6) is 0 Å². The number of amides is 2. The van der Waals surface area contributed by atoms with Gasteiger partial charge in [-0.25, -0.2) is 4.79 Å². The molecule has 2 aromatic rings. The second-order valence-corrected chi connectivity index (χ2v) is 7.26. The summed E-state index contributed by atoms with van der Waals surface area (Å²) in [6.45, 7) is 6.88. The highest BCUT2D eigenvalue weighted by Gasteiger charge is 2.16. The summed E-state index contributed by atoms with van der Waals surface area (Å²) in [7, 11) is 1.32. The Balaban J connectivity index is 1.84. The van der Waals surface area contributed by atoms with Crippen molar-refractivity contribution in [2.45, 2.75) is 26.5 Å². The van der Waals surface area contributed by atoms with Crippen LogP contribution in [0.3, 0.4) is 0 Å². The Kier molecular flexibility index (Phi) is 8.33. The van der Waals surface area contributed by atoms with Gasteiger partial charge in [0.15, 0.2) is 0 Å². The van der Waals surface area contributed by atoms with Crippen molar-refractivity contribution in [3.63, 3.8) is 0 Å². The van der Waals surface area contributed by atoms with E-state index in [1.807, 2.05) is 13.8 Å². The molecule has 0 atom stereocenters. The van der Waals surface area contributed by atoms with Crippen LogP contribution in [-0.2, 0) is 15.3 Å². The zero-order valence-corrected chi connectivity index (χ0v) is 17.9. The van der Waals surface area contributed by atoms with Crippen LogP contribution in [-0.4, -0.2) is 48.6 Å². The number of furan rings is 1. The molecule has 0 aliphatic rings. The average Bonchev–Trinajstić information content (AvgIpc) is 3.09. The highest BCUT2D eigenvalue weighted by Crippen LogP contribution is 2.20. The molecule has 1 N–H and O–H groups in total. The second-order valence-electron chi connectivity index (χ2n) is 6.27. The number of rotatable bonds is 9. The fourth-order valence-electron chi connectivity index (χ4n) is 2.76. The van der Waals surface area contributed by atoms with Gasteiger partial charge in [0.1, 0.15) is 17.1 Å². The number of methoxy groups -OCH3 is 1. The topological polar surface area (TPSA) is 88.9 Å². The molecule has 0 unspecified atom stereocenters. The van der Waals surface area contributed by atoms with Gasteiger partial charge in [0.05, 0.1) is 18.6 Å². The van der Waals surface area contributed by atoms with Crippen molar-refractivity contribution in [2.75, 3.05) is 31.3 Å². The number of carbonyl (C=O) groups excluding carboxylic acids is 3. The van der Waals surface area contributed by atoms with E-state index in [4.69, 9.17) is 9.15 Å². The summed E-state index contributed by atoms with van der Waals surface area (Å²) in [6, 6.07) is 8.50. The molecule has 0 bridgehead atoms. The summed E-state index contributed by atoms with van der Waals surface area (Å²) in [4.78, 5) is 37.8. The number of ether oxygens (including phenoxy) is 1. The molecule has 1 aromatic heterocycles.